The van der Waals surface area contributed by atoms with Gasteiger partial charge in [-0.05, 0) is 106 Å². The Balaban J connectivity index is 0.912. The highest BCUT2D eigenvalue weighted by atomic mass is 16.5. The van der Waals surface area contributed by atoms with E-state index in [1.54, 1.807) is 0 Å². The van der Waals surface area contributed by atoms with Crippen molar-refractivity contribution in [1.82, 2.24) is 4.57 Å². The zero-order valence-corrected chi connectivity index (χ0v) is 30.2. The van der Waals surface area contributed by atoms with E-state index in [-0.39, 0.29) is 0 Å². The van der Waals surface area contributed by atoms with Gasteiger partial charge in [0.15, 0.2) is 11.5 Å². The van der Waals surface area contributed by atoms with E-state index in [0.717, 1.165) is 72.8 Å². The van der Waals surface area contributed by atoms with Gasteiger partial charge in [-0.25, -0.2) is 0 Å². The molecule has 11 aromatic rings. The molecule has 3 heterocycles. The molecule has 0 saturated carbocycles. The van der Waals surface area contributed by atoms with Gasteiger partial charge in [0.25, 0.3) is 0 Å². The van der Waals surface area contributed by atoms with E-state index in [2.05, 4.69) is 191 Å². The van der Waals surface area contributed by atoms with Crippen molar-refractivity contribution in [3.63, 3.8) is 0 Å². The second-order valence-electron chi connectivity index (χ2n) is 14.5. The molecule has 0 unspecified atom stereocenters. The summed E-state index contributed by atoms with van der Waals surface area (Å²) in [6, 6.07) is 68.9. The summed E-state index contributed by atoms with van der Waals surface area (Å²) in [4.78, 5) is 2.29. The van der Waals surface area contributed by atoms with Crippen LogP contribution in [-0.4, -0.2) is 4.57 Å². The van der Waals surface area contributed by atoms with E-state index in [1.165, 1.54) is 38.2 Å². The fourth-order valence-electron chi connectivity index (χ4n) is 8.83. The fourth-order valence-corrected chi connectivity index (χ4v) is 8.83. The SMILES string of the molecule is c1ccc(N(c2ccc(-c3ccc(-c4ccc5c6c4c4ccccc4n6-c4ccccc4O5)cc3)cc2)c2ccc3c(c2)oc2ccc4ccccc4c23)cc1. The van der Waals surface area contributed by atoms with Crippen LogP contribution in [0.5, 0.6) is 11.5 Å². The predicted molar refractivity (Wildman–Crippen MR) is 231 cm³/mol. The van der Waals surface area contributed by atoms with Gasteiger partial charge < -0.3 is 18.6 Å². The van der Waals surface area contributed by atoms with Gasteiger partial charge in [0.2, 0.25) is 0 Å². The number of para-hydroxylation sites is 4. The largest absolute Gasteiger partial charge is 0.456 e. The third-order valence-corrected chi connectivity index (χ3v) is 11.4. The molecule has 1 aliphatic heterocycles. The lowest BCUT2D eigenvalue weighted by Crippen LogP contribution is -2.09. The zero-order valence-electron chi connectivity index (χ0n) is 30.2. The molecule has 0 spiro atoms. The summed E-state index contributed by atoms with van der Waals surface area (Å²) in [5, 5.41) is 7.13. The van der Waals surface area contributed by atoms with Crippen LogP contribution in [0, 0.1) is 0 Å². The molecular weight excluding hydrogens is 685 g/mol. The average Bonchev–Trinajstić information content (AvgIpc) is 3.82. The van der Waals surface area contributed by atoms with Crippen molar-refractivity contribution >= 4 is 71.6 Å². The number of hydrogen-bond donors (Lipinski definition) is 0. The molecule has 0 radical (unpaired) electrons. The monoisotopic (exact) mass is 716 g/mol. The van der Waals surface area contributed by atoms with E-state index < -0.39 is 0 Å². The number of benzene rings is 9. The number of fused-ring (bicyclic) bond motifs is 10. The minimum atomic E-state index is 0.873. The van der Waals surface area contributed by atoms with E-state index in [1.807, 2.05) is 12.1 Å². The number of hydrogen-bond acceptors (Lipinski definition) is 3. The molecule has 1 aliphatic rings. The second-order valence-corrected chi connectivity index (χ2v) is 14.5. The molecule has 4 nitrogen and oxygen atoms in total. The molecule has 4 heteroatoms. The van der Waals surface area contributed by atoms with Crippen molar-refractivity contribution in [2.24, 2.45) is 0 Å². The van der Waals surface area contributed by atoms with Gasteiger partial charge in [-0.1, -0.05) is 115 Å². The first-order chi connectivity index (χ1) is 27.8. The molecule has 0 N–H and O–H groups in total. The van der Waals surface area contributed by atoms with E-state index in [9.17, 15) is 0 Å². The Morgan fingerprint density at radius 3 is 1.95 bits per heavy atom. The van der Waals surface area contributed by atoms with Crippen LogP contribution in [0.15, 0.2) is 199 Å². The Labute approximate surface area is 322 Å². The van der Waals surface area contributed by atoms with Gasteiger partial charge in [0.05, 0.1) is 16.7 Å². The molecule has 262 valence electrons. The van der Waals surface area contributed by atoms with Crippen LogP contribution in [0.3, 0.4) is 0 Å². The van der Waals surface area contributed by atoms with Crippen molar-refractivity contribution < 1.29 is 9.15 Å². The number of nitrogens with zero attached hydrogens (tertiary/aromatic N) is 2. The van der Waals surface area contributed by atoms with Crippen molar-refractivity contribution in [3.05, 3.63) is 194 Å². The molecule has 2 aromatic heterocycles. The minimum Gasteiger partial charge on any atom is -0.456 e. The highest BCUT2D eigenvalue weighted by Crippen LogP contribution is 2.48. The van der Waals surface area contributed by atoms with Gasteiger partial charge in [-0.3, -0.25) is 0 Å². The van der Waals surface area contributed by atoms with Crippen LogP contribution in [0.4, 0.5) is 17.1 Å². The Morgan fingerprint density at radius 1 is 0.411 bits per heavy atom. The molecular formula is C52H32N2O2. The number of furan rings is 1. The fraction of sp³-hybridized carbons (Fsp3) is 0. The lowest BCUT2D eigenvalue weighted by Gasteiger charge is -2.25. The van der Waals surface area contributed by atoms with Gasteiger partial charge >= 0.3 is 0 Å². The summed E-state index contributed by atoms with van der Waals surface area (Å²) in [6.07, 6.45) is 0. The van der Waals surface area contributed by atoms with Crippen LogP contribution in [0.1, 0.15) is 0 Å². The highest BCUT2D eigenvalue weighted by Gasteiger charge is 2.25. The van der Waals surface area contributed by atoms with Crippen LogP contribution in [0.2, 0.25) is 0 Å². The van der Waals surface area contributed by atoms with Crippen molar-refractivity contribution in [2.75, 3.05) is 4.90 Å². The molecule has 0 aliphatic carbocycles. The summed E-state index contributed by atoms with van der Waals surface area (Å²) < 4.78 is 15.3. The quantitative estimate of drug-likeness (QED) is 0.178. The predicted octanol–water partition coefficient (Wildman–Crippen LogP) is 14.7. The van der Waals surface area contributed by atoms with Crippen LogP contribution >= 0.6 is 0 Å². The Bertz CT molecular complexity index is 3320. The molecule has 12 rings (SSSR count). The van der Waals surface area contributed by atoms with E-state index in [0.29, 0.717) is 0 Å². The number of anilines is 3. The molecule has 0 amide bonds. The topological polar surface area (TPSA) is 30.5 Å². The maximum absolute atomic E-state index is 6.48. The first-order valence-corrected chi connectivity index (χ1v) is 19.0. The van der Waals surface area contributed by atoms with Crippen LogP contribution in [-0.2, 0) is 0 Å². The summed E-state index contributed by atoms with van der Waals surface area (Å²) in [5.74, 6) is 1.75. The number of aromatic nitrogens is 1. The lowest BCUT2D eigenvalue weighted by atomic mass is 9.96. The van der Waals surface area contributed by atoms with Crippen molar-refractivity contribution in [3.8, 4) is 39.4 Å². The molecule has 0 saturated heterocycles. The van der Waals surface area contributed by atoms with Gasteiger partial charge in [-0.2, -0.15) is 0 Å². The summed E-state index contributed by atoms with van der Waals surface area (Å²) in [6.45, 7) is 0. The molecule has 0 bridgehead atoms. The third kappa shape index (κ3) is 4.60. The average molecular weight is 717 g/mol. The van der Waals surface area contributed by atoms with Gasteiger partial charge in [0, 0.05) is 44.7 Å². The summed E-state index contributed by atoms with van der Waals surface area (Å²) >= 11 is 0. The minimum absolute atomic E-state index is 0.873. The normalized spacial score (nSPS) is 12.1. The smallest absolute Gasteiger partial charge is 0.152 e. The summed E-state index contributed by atoms with van der Waals surface area (Å²) in [5.41, 5.74) is 13.0. The van der Waals surface area contributed by atoms with Crippen LogP contribution in [0.25, 0.3) is 82.5 Å². The second kappa shape index (κ2) is 12.0. The van der Waals surface area contributed by atoms with Gasteiger partial charge in [-0.15, -0.1) is 0 Å². The summed E-state index contributed by atoms with van der Waals surface area (Å²) in [7, 11) is 0. The maximum Gasteiger partial charge on any atom is 0.152 e. The van der Waals surface area contributed by atoms with Gasteiger partial charge in [0.1, 0.15) is 11.2 Å². The third-order valence-electron chi connectivity index (χ3n) is 11.4. The van der Waals surface area contributed by atoms with Crippen molar-refractivity contribution in [2.45, 2.75) is 0 Å². The van der Waals surface area contributed by atoms with E-state index in [4.69, 9.17) is 9.15 Å². The highest BCUT2D eigenvalue weighted by molar-refractivity contribution is 6.20. The lowest BCUT2D eigenvalue weighted by molar-refractivity contribution is 0.476. The molecule has 0 atom stereocenters. The standard InChI is InChI=1S/C52H32N2O2/c1-2-11-37(12-3-1)53(39-27-28-43-49(32-39)56-47-30-24-35-10-4-5-13-40(35)50(43)47)38-25-22-34(23-26-38)33-18-20-36(21-19-33)41-29-31-48-52-51(41)42-14-6-7-15-44(42)54(52)45-16-8-9-17-46(45)55-48/h1-32H. The molecule has 56 heavy (non-hydrogen) atoms. The molecule has 0 fully saturated rings. The first kappa shape index (κ1) is 30.9. The number of rotatable bonds is 5. The Kier molecular flexibility index (Phi) is 6.60. The maximum atomic E-state index is 6.48. The van der Waals surface area contributed by atoms with Crippen LogP contribution < -0.4 is 9.64 Å². The Hall–Kier alpha value is -7.56. The Morgan fingerprint density at radius 2 is 1.09 bits per heavy atom. The van der Waals surface area contributed by atoms with Crippen molar-refractivity contribution in [1.29, 1.82) is 0 Å². The van der Waals surface area contributed by atoms with E-state index >= 15 is 0 Å². The zero-order chi connectivity index (χ0) is 36.7. The number of ether oxygens (including phenoxy) is 1. The molecule has 9 aromatic carbocycles. The first-order valence-electron chi connectivity index (χ1n) is 19.0.